The van der Waals surface area contributed by atoms with E-state index in [0.717, 1.165) is 12.0 Å². The summed E-state index contributed by atoms with van der Waals surface area (Å²) in [7, 11) is 0. The highest BCUT2D eigenvalue weighted by atomic mass is 15.2. The Kier molecular flexibility index (Phi) is 4.19. The topological polar surface area (TPSA) is 15.3 Å². The second-order valence-corrected chi connectivity index (χ2v) is 6.37. The Balaban J connectivity index is 1.44. The van der Waals surface area contributed by atoms with Crippen LogP contribution in [0.2, 0.25) is 0 Å². The van der Waals surface area contributed by atoms with E-state index < -0.39 is 0 Å². The van der Waals surface area contributed by atoms with E-state index in [1.54, 1.807) is 0 Å². The summed E-state index contributed by atoms with van der Waals surface area (Å²) in [5, 5.41) is 3.68. The minimum Gasteiger partial charge on any atom is -0.314 e. The largest absolute Gasteiger partial charge is 0.314 e. The average molecular weight is 258 g/mol. The molecular formula is C17H26N2. The van der Waals surface area contributed by atoms with Crippen molar-refractivity contribution in [3.8, 4) is 0 Å². The molecule has 2 nitrogen and oxygen atoms in total. The molecule has 19 heavy (non-hydrogen) atoms. The van der Waals surface area contributed by atoms with Crippen molar-refractivity contribution in [1.82, 2.24) is 10.2 Å². The summed E-state index contributed by atoms with van der Waals surface area (Å²) in [6, 6.07) is 12.4. The number of nitrogens with zero attached hydrogens (tertiary/aromatic N) is 1. The van der Waals surface area contributed by atoms with E-state index in [0.29, 0.717) is 6.04 Å². The fraction of sp³-hybridized carbons (Fsp3) is 0.647. The zero-order valence-electron chi connectivity index (χ0n) is 12.0. The molecule has 0 spiro atoms. The summed E-state index contributed by atoms with van der Waals surface area (Å²) in [5.74, 6) is 0.874. The number of hydrogen-bond donors (Lipinski definition) is 1. The molecule has 1 heterocycles. The molecule has 2 fully saturated rings. The predicted octanol–water partition coefficient (Wildman–Crippen LogP) is 2.69. The molecule has 1 aromatic carbocycles. The van der Waals surface area contributed by atoms with Crippen LogP contribution in [0.4, 0.5) is 0 Å². The molecule has 3 rings (SSSR count). The fourth-order valence-electron chi connectivity index (χ4n) is 3.13. The zero-order chi connectivity index (χ0) is 13.1. The highest BCUT2D eigenvalue weighted by molar-refractivity contribution is 5.15. The minimum atomic E-state index is 0.674. The van der Waals surface area contributed by atoms with Gasteiger partial charge >= 0.3 is 0 Å². The first-order valence-electron chi connectivity index (χ1n) is 7.82. The lowest BCUT2D eigenvalue weighted by Crippen LogP contribution is -2.34. The van der Waals surface area contributed by atoms with E-state index in [4.69, 9.17) is 0 Å². The van der Waals surface area contributed by atoms with Gasteiger partial charge < -0.3 is 5.32 Å². The molecule has 1 aliphatic heterocycles. The smallest absolute Gasteiger partial charge is 0.0107 e. The van der Waals surface area contributed by atoms with Gasteiger partial charge in [0.15, 0.2) is 0 Å². The molecule has 2 aliphatic rings. The quantitative estimate of drug-likeness (QED) is 0.844. The lowest BCUT2D eigenvalue weighted by Gasteiger charge is -2.24. The minimum absolute atomic E-state index is 0.674. The normalized spacial score (nSPS) is 25.6. The van der Waals surface area contributed by atoms with Crippen LogP contribution in [0, 0.1) is 5.92 Å². The van der Waals surface area contributed by atoms with Crippen molar-refractivity contribution in [2.75, 3.05) is 19.6 Å². The lowest BCUT2D eigenvalue weighted by atomic mass is 10.1. The zero-order valence-corrected chi connectivity index (χ0v) is 12.0. The van der Waals surface area contributed by atoms with Crippen molar-refractivity contribution >= 4 is 0 Å². The van der Waals surface area contributed by atoms with E-state index in [9.17, 15) is 0 Å². The molecule has 1 saturated heterocycles. The van der Waals surface area contributed by atoms with Crippen molar-refractivity contribution in [3.63, 3.8) is 0 Å². The first kappa shape index (κ1) is 13.1. The Morgan fingerprint density at radius 1 is 1.21 bits per heavy atom. The van der Waals surface area contributed by atoms with Crippen LogP contribution in [0.15, 0.2) is 30.3 Å². The lowest BCUT2D eigenvalue weighted by molar-refractivity contribution is 0.247. The summed E-state index contributed by atoms with van der Waals surface area (Å²) in [6.07, 6.45) is 5.37. The Labute approximate surface area is 117 Å². The van der Waals surface area contributed by atoms with Gasteiger partial charge in [0.05, 0.1) is 0 Å². The summed E-state index contributed by atoms with van der Waals surface area (Å²) in [4.78, 5) is 2.67. The molecule has 2 unspecified atom stereocenters. The van der Waals surface area contributed by atoms with E-state index in [2.05, 4.69) is 47.5 Å². The Bertz CT molecular complexity index is 386. The first-order chi connectivity index (χ1) is 9.31. The van der Waals surface area contributed by atoms with E-state index in [-0.39, 0.29) is 0 Å². The highest BCUT2D eigenvalue weighted by Gasteiger charge is 2.28. The molecule has 0 radical (unpaired) electrons. The molecule has 1 N–H and O–H groups in total. The Hall–Kier alpha value is -0.860. The Morgan fingerprint density at radius 2 is 2.00 bits per heavy atom. The van der Waals surface area contributed by atoms with Crippen LogP contribution in [0.3, 0.4) is 0 Å². The number of rotatable bonds is 6. The van der Waals surface area contributed by atoms with Crippen LogP contribution in [0.1, 0.15) is 31.7 Å². The summed E-state index contributed by atoms with van der Waals surface area (Å²) >= 11 is 0. The van der Waals surface area contributed by atoms with Crippen LogP contribution >= 0.6 is 0 Å². The molecule has 1 saturated carbocycles. The monoisotopic (exact) mass is 258 g/mol. The van der Waals surface area contributed by atoms with Crippen molar-refractivity contribution in [3.05, 3.63) is 35.9 Å². The van der Waals surface area contributed by atoms with E-state index in [1.165, 1.54) is 50.9 Å². The van der Waals surface area contributed by atoms with Crippen LogP contribution in [0.25, 0.3) is 0 Å². The van der Waals surface area contributed by atoms with Gasteiger partial charge in [-0.25, -0.2) is 0 Å². The van der Waals surface area contributed by atoms with E-state index >= 15 is 0 Å². The fourth-order valence-corrected chi connectivity index (χ4v) is 3.13. The average Bonchev–Trinajstić information content (AvgIpc) is 3.14. The number of hydrogen-bond acceptors (Lipinski definition) is 2. The summed E-state index contributed by atoms with van der Waals surface area (Å²) < 4.78 is 0. The molecule has 104 valence electrons. The maximum absolute atomic E-state index is 3.68. The predicted molar refractivity (Wildman–Crippen MR) is 80.3 cm³/mol. The molecule has 1 aromatic rings. The van der Waals surface area contributed by atoms with Crippen LogP contribution in [-0.4, -0.2) is 36.6 Å². The maximum atomic E-state index is 3.68. The standard InChI is InChI=1S/C17H26N2/c1-14(11-15-5-3-2-4-6-15)19-10-9-16(13-19)12-18-17-7-8-17/h2-6,14,16-18H,7-13H2,1H3. The number of benzene rings is 1. The molecule has 0 bridgehead atoms. The molecular weight excluding hydrogens is 232 g/mol. The van der Waals surface area contributed by atoms with Gasteiger partial charge in [0.1, 0.15) is 0 Å². The van der Waals surface area contributed by atoms with Gasteiger partial charge in [0.25, 0.3) is 0 Å². The van der Waals surface area contributed by atoms with Gasteiger partial charge in [-0.2, -0.15) is 0 Å². The van der Waals surface area contributed by atoms with Crippen molar-refractivity contribution in [2.45, 2.75) is 44.7 Å². The summed E-state index contributed by atoms with van der Waals surface area (Å²) in [5.41, 5.74) is 1.47. The number of likely N-dealkylation sites (tertiary alicyclic amines) is 1. The first-order valence-corrected chi connectivity index (χ1v) is 7.82. The Morgan fingerprint density at radius 3 is 2.74 bits per heavy atom. The highest BCUT2D eigenvalue weighted by Crippen LogP contribution is 2.23. The molecule has 2 heteroatoms. The SMILES string of the molecule is CC(Cc1ccccc1)N1CCC(CNC2CC2)C1. The van der Waals surface area contributed by atoms with Gasteiger partial charge in [-0.05, 0) is 57.2 Å². The van der Waals surface area contributed by atoms with Crippen LogP contribution in [-0.2, 0) is 6.42 Å². The van der Waals surface area contributed by atoms with Gasteiger partial charge in [-0.1, -0.05) is 30.3 Å². The second-order valence-electron chi connectivity index (χ2n) is 6.37. The van der Waals surface area contributed by atoms with E-state index in [1.807, 2.05) is 0 Å². The van der Waals surface area contributed by atoms with Gasteiger partial charge in [-0.15, -0.1) is 0 Å². The van der Waals surface area contributed by atoms with Crippen LogP contribution in [0.5, 0.6) is 0 Å². The third-order valence-corrected chi connectivity index (χ3v) is 4.59. The third kappa shape index (κ3) is 3.80. The van der Waals surface area contributed by atoms with Crippen molar-refractivity contribution in [1.29, 1.82) is 0 Å². The van der Waals surface area contributed by atoms with Gasteiger partial charge in [-0.3, -0.25) is 4.90 Å². The molecule has 1 aliphatic carbocycles. The van der Waals surface area contributed by atoms with Gasteiger partial charge in [0.2, 0.25) is 0 Å². The van der Waals surface area contributed by atoms with Crippen molar-refractivity contribution < 1.29 is 0 Å². The summed E-state index contributed by atoms with van der Waals surface area (Å²) in [6.45, 7) is 6.18. The molecule has 0 amide bonds. The number of nitrogens with one attached hydrogen (secondary N) is 1. The molecule has 0 aromatic heterocycles. The maximum Gasteiger partial charge on any atom is 0.0107 e. The third-order valence-electron chi connectivity index (χ3n) is 4.59. The van der Waals surface area contributed by atoms with Crippen molar-refractivity contribution in [2.24, 2.45) is 5.92 Å². The van der Waals surface area contributed by atoms with Crippen LogP contribution < -0.4 is 5.32 Å². The van der Waals surface area contributed by atoms with Gasteiger partial charge in [0, 0.05) is 18.6 Å². The second kappa shape index (κ2) is 6.06. The molecule has 2 atom stereocenters.